The van der Waals surface area contributed by atoms with Gasteiger partial charge < -0.3 is 15.2 Å². The van der Waals surface area contributed by atoms with Crippen molar-refractivity contribution in [2.75, 3.05) is 13.7 Å². The van der Waals surface area contributed by atoms with E-state index in [1.165, 1.54) is 0 Å². The molecular formula is C19H19N3O3. The first kappa shape index (κ1) is 16.7. The molecule has 1 atom stereocenters. The van der Waals surface area contributed by atoms with Crippen LogP contribution in [0.15, 0.2) is 60.7 Å². The number of carbonyl (C=O) groups excluding carboxylic acids is 1. The summed E-state index contributed by atoms with van der Waals surface area (Å²) in [6, 6.07) is 18.0. The number of hydrogen-bond donors (Lipinski definition) is 3. The quantitative estimate of drug-likeness (QED) is 0.645. The number of aliphatic hydroxyl groups is 1. The van der Waals surface area contributed by atoms with Crippen LogP contribution in [0, 0.1) is 0 Å². The van der Waals surface area contributed by atoms with E-state index in [1.807, 2.05) is 54.6 Å². The second-order valence-electron chi connectivity index (χ2n) is 5.52. The molecule has 1 unspecified atom stereocenters. The van der Waals surface area contributed by atoms with E-state index in [0.29, 0.717) is 11.4 Å². The van der Waals surface area contributed by atoms with Crippen LogP contribution in [0.5, 0.6) is 5.75 Å². The average molecular weight is 337 g/mol. The lowest BCUT2D eigenvalue weighted by Crippen LogP contribution is -2.31. The van der Waals surface area contributed by atoms with Gasteiger partial charge in [0.05, 0.1) is 25.5 Å². The molecule has 6 nitrogen and oxygen atoms in total. The van der Waals surface area contributed by atoms with Crippen LogP contribution in [0.4, 0.5) is 0 Å². The minimum Gasteiger partial charge on any atom is -0.497 e. The van der Waals surface area contributed by atoms with E-state index >= 15 is 0 Å². The second kappa shape index (κ2) is 7.63. The van der Waals surface area contributed by atoms with Crippen molar-refractivity contribution in [2.24, 2.45) is 0 Å². The monoisotopic (exact) mass is 337 g/mol. The van der Waals surface area contributed by atoms with Gasteiger partial charge in [0.25, 0.3) is 5.91 Å². The Bertz CT molecular complexity index is 846. The van der Waals surface area contributed by atoms with Crippen LogP contribution in [-0.2, 0) is 0 Å². The van der Waals surface area contributed by atoms with Crippen molar-refractivity contribution in [1.29, 1.82) is 0 Å². The summed E-state index contributed by atoms with van der Waals surface area (Å²) in [5.41, 5.74) is 2.65. The number of ether oxygens (including phenoxy) is 1. The second-order valence-corrected chi connectivity index (χ2v) is 5.52. The first-order valence-corrected chi connectivity index (χ1v) is 7.87. The van der Waals surface area contributed by atoms with Gasteiger partial charge in [0.15, 0.2) is 0 Å². The van der Waals surface area contributed by atoms with E-state index in [-0.39, 0.29) is 12.5 Å². The molecule has 0 spiro atoms. The molecule has 0 saturated carbocycles. The number of rotatable bonds is 6. The normalized spacial score (nSPS) is 11.8. The summed E-state index contributed by atoms with van der Waals surface area (Å²) in [4.78, 5) is 12.4. The van der Waals surface area contributed by atoms with Gasteiger partial charge in [-0.3, -0.25) is 9.89 Å². The van der Waals surface area contributed by atoms with Gasteiger partial charge in [-0.1, -0.05) is 42.5 Å². The van der Waals surface area contributed by atoms with Crippen LogP contribution in [0.1, 0.15) is 22.1 Å². The molecule has 0 aliphatic carbocycles. The fraction of sp³-hybridized carbons (Fsp3) is 0.158. The third kappa shape index (κ3) is 3.87. The molecule has 1 amide bonds. The van der Waals surface area contributed by atoms with E-state index in [1.54, 1.807) is 13.2 Å². The first-order chi connectivity index (χ1) is 12.2. The largest absolute Gasteiger partial charge is 0.497 e. The zero-order valence-electron chi connectivity index (χ0n) is 13.8. The van der Waals surface area contributed by atoms with Crippen molar-refractivity contribution in [3.05, 3.63) is 71.9 Å². The Morgan fingerprint density at radius 1 is 1.20 bits per heavy atom. The Kier molecular flexibility index (Phi) is 5.11. The Labute approximate surface area is 145 Å². The number of carbonyl (C=O) groups is 1. The highest BCUT2D eigenvalue weighted by molar-refractivity contribution is 5.93. The molecule has 128 valence electrons. The summed E-state index contributed by atoms with van der Waals surface area (Å²) in [7, 11) is 1.60. The molecule has 1 aromatic heterocycles. The van der Waals surface area contributed by atoms with Crippen molar-refractivity contribution in [1.82, 2.24) is 15.5 Å². The fourth-order valence-corrected chi connectivity index (χ4v) is 2.52. The number of hydrogen-bond acceptors (Lipinski definition) is 4. The standard InChI is InChI=1S/C19H19N3O3/c1-25-15-9-5-8-14(10-15)16-11-17(22-21-16)19(24)20-18(12-23)13-6-3-2-4-7-13/h2-11,18,23H,12H2,1H3,(H,20,24)(H,21,22). The highest BCUT2D eigenvalue weighted by atomic mass is 16.5. The molecule has 3 aromatic rings. The molecule has 0 radical (unpaired) electrons. The highest BCUT2D eigenvalue weighted by Gasteiger charge is 2.17. The van der Waals surface area contributed by atoms with Gasteiger partial charge in [0.2, 0.25) is 0 Å². The highest BCUT2D eigenvalue weighted by Crippen LogP contribution is 2.22. The molecule has 6 heteroatoms. The maximum absolute atomic E-state index is 12.4. The van der Waals surface area contributed by atoms with Crippen LogP contribution >= 0.6 is 0 Å². The van der Waals surface area contributed by atoms with E-state index < -0.39 is 6.04 Å². The van der Waals surface area contributed by atoms with Crippen molar-refractivity contribution >= 4 is 5.91 Å². The smallest absolute Gasteiger partial charge is 0.269 e. The number of benzene rings is 2. The van der Waals surface area contributed by atoms with Crippen molar-refractivity contribution in [2.45, 2.75) is 6.04 Å². The molecule has 1 heterocycles. The van der Waals surface area contributed by atoms with E-state index in [9.17, 15) is 9.90 Å². The summed E-state index contributed by atoms with van der Waals surface area (Å²) in [5.74, 6) is 0.389. The molecule has 25 heavy (non-hydrogen) atoms. The van der Waals surface area contributed by atoms with Crippen LogP contribution in [0.2, 0.25) is 0 Å². The summed E-state index contributed by atoms with van der Waals surface area (Å²) in [6.07, 6.45) is 0. The summed E-state index contributed by atoms with van der Waals surface area (Å²) < 4.78 is 5.20. The molecule has 3 N–H and O–H groups in total. The topological polar surface area (TPSA) is 87.2 Å². The summed E-state index contributed by atoms with van der Waals surface area (Å²) >= 11 is 0. The molecule has 0 aliphatic rings. The third-order valence-corrected chi connectivity index (χ3v) is 3.88. The van der Waals surface area contributed by atoms with Crippen molar-refractivity contribution in [3.63, 3.8) is 0 Å². The maximum Gasteiger partial charge on any atom is 0.269 e. The summed E-state index contributed by atoms with van der Waals surface area (Å²) in [5, 5.41) is 19.3. The average Bonchev–Trinajstić information content (AvgIpc) is 3.17. The van der Waals surface area contributed by atoms with Gasteiger partial charge in [-0.05, 0) is 23.8 Å². The molecule has 0 saturated heterocycles. The molecule has 0 bridgehead atoms. The number of methoxy groups -OCH3 is 1. The zero-order chi connectivity index (χ0) is 17.6. The number of aromatic nitrogens is 2. The number of nitrogens with zero attached hydrogens (tertiary/aromatic N) is 1. The lowest BCUT2D eigenvalue weighted by Gasteiger charge is -2.15. The van der Waals surface area contributed by atoms with Gasteiger partial charge in [-0.2, -0.15) is 5.10 Å². The minimum absolute atomic E-state index is 0.188. The van der Waals surface area contributed by atoms with Gasteiger partial charge >= 0.3 is 0 Å². The fourth-order valence-electron chi connectivity index (χ4n) is 2.52. The lowest BCUT2D eigenvalue weighted by atomic mass is 10.1. The van der Waals surface area contributed by atoms with Crippen LogP contribution in [0.25, 0.3) is 11.3 Å². The molecule has 0 fully saturated rings. The Morgan fingerprint density at radius 2 is 2.00 bits per heavy atom. The Hall–Kier alpha value is -3.12. The third-order valence-electron chi connectivity index (χ3n) is 3.88. The first-order valence-electron chi connectivity index (χ1n) is 7.87. The van der Waals surface area contributed by atoms with Crippen LogP contribution in [-0.4, -0.2) is 34.9 Å². The minimum atomic E-state index is -0.475. The number of amides is 1. The van der Waals surface area contributed by atoms with Crippen LogP contribution in [0.3, 0.4) is 0 Å². The number of H-pyrrole nitrogens is 1. The predicted molar refractivity (Wildman–Crippen MR) is 94.3 cm³/mol. The maximum atomic E-state index is 12.4. The van der Waals surface area contributed by atoms with E-state index in [4.69, 9.17) is 4.74 Å². The number of aliphatic hydroxyl groups excluding tert-OH is 1. The van der Waals surface area contributed by atoms with E-state index in [2.05, 4.69) is 15.5 Å². The lowest BCUT2D eigenvalue weighted by molar-refractivity contribution is 0.0911. The molecule has 0 aliphatic heterocycles. The summed E-state index contributed by atoms with van der Waals surface area (Å²) in [6.45, 7) is -0.188. The van der Waals surface area contributed by atoms with Crippen molar-refractivity contribution < 1.29 is 14.6 Å². The van der Waals surface area contributed by atoms with Gasteiger partial charge in [-0.25, -0.2) is 0 Å². The SMILES string of the molecule is COc1cccc(-c2cc(C(=O)NC(CO)c3ccccc3)[nH]n2)c1. The van der Waals surface area contributed by atoms with E-state index in [0.717, 1.165) is 16.9 Å². The number of nitrogens with one attached hydrogen (secondary N) is 2. The molecule has 2 aromatic carbocycles. The van der Waals surface area contributed by atoms with Gasteiger partial charge in [-0.15, -0.1) is 0 Å². The zero-order valence-corrected chi connectivity index (χ0v) is 13.8. The molecule has 3 rings (SSSR count). The van der Waals surface area contributed by atoms with Gasteiger partial charge in [0.1, 0.15) is 11.4 Å². The van der Waals surface area contributed by atoms with Gasteiger partial charge in [0, 0.05) is 5.56 Å². The Morgan fingerprint density at radius 3 is 2.72 bits per heavy atom. The van der Waals surface area contributed by atoms with Crippen molar-refractivity contribution in [3.8, 4) is 17.0 Å². The predicted octanol–water partition coefficient (Wildman–Crippen LogP) is 2.55. The number of aromatic amines is 1. The Balaban J connectivity index is 1.76. The van der Waals surface area contributed by atoms with Crippen LogP contribution < -0.4 is 10.1 Å². The molecular weight excluding hydrogens is 318 g/mol.